The highest BCUT2D eigenvalue weighted by Gasteiger charge is 2.29. The molecule has 0 aromatic heterocycles. The molecule has 0 saturated heterocycles. The van der Waals surface area contributed by atoms with Crippen molar-refractivity contribution in [2.75, 3.05) is 19.3 Å². The molecule has 0 aliphatic heterocycles. The van der Waals surface area contributed by atoms with Crippen molar-refractivity contribution < 1.29 is 13.2 Å². The molecule has 0 fully saturated rings. The van der Waals surface area contributed by atoms with Crippen LogP contribution in [0.15, 0.2) is 29.3 Å². The average molecular weight is 461 g/mol. The van der Waals surface area contributed by atoms with E-state index in [4.69, 9.17) is 0 Å². The van der Waals surface area contributed by atoms with E-state index in [1.54, 1.807) is 11.8 Å². The maximum atomic E-state index is 12.5. The van der Waals surface area contributed by atoms with Gasteiger partial charge >= 0.3 is 6.18 Å². The van der Waals surface area contributed by atoms with Gasteiger partial charge < -0.3 is 10.6 Å². The zero-order chi connectivity index (χ0) is 16.6. The molecule has 23 heavy (non-hydrogen) atoms. The SMILES string of the molecule is CCNC(=NCc1ccc(C(F)(F)F)cc1)NCC(C)SC.I. The second-order valence-electron chi connectivity index (χ2n) is 4.82. The summed E-state index contributed by atoms with van der Waals surface area (Å²) < 4.78 is 37.5. The molecule has 8 heteroatoms. The van der Waals surface area contributed by atoms with E-state index in [1.165, 1.54) is 12.1 Å². The Balaban J connectivity index is 0.00000484. The lowest BCUT2D eigenvalue weighted by Gasteiger charge is -2.14. The van der Waals surface area contributed by atoms with Crippen molar-refractivity contribution in [2.24, 2.45) is 4.99 Å². The zero-order valence-electron chi connectivity index (χ0n) is 13.4. The molecular weight excluding hydrogens is 438 g/mol. The number of guanidine groups is 1. The maximum absolute atomic E-state index is 12.5. The minimum absolute atomic E-state index is 0. The molecule has 0 bridgehead atoms. The van der Waals surface area contributed by atoms with Crippen LogP contribution in [0.3, 0.4) is 0 Å². The highest BCUT2D eigenvalue weighted by Crippen LogP contribution is 2.29. The third-order valence-corrected chi connectivity index (χ3v) is 3.98. The summed E-state index contributed by atoms with van der Waals surface area (Å²) in [5, 5.41) is 6.79. The molecule has 3 nitrogen and oxygen atoms in total. The fourth-order valence-electron chi connectivity index (χ4n) is 1.63. The summed E-state index contributed by atoms with van der Waals surface area (Å²) in [4.78, 5) is 4.39. The Morgan fingerprint density at radius 1 is 1.22 bits per heavy atom. The van der Waals surface area contributed by atoms with Gasteiger partial charge in [-0.15, -0.1) is 24.0 Å². The van der Waals surface area contributed by atoms with Gasteiger partial charge in [-0.25, -0.2) is 4.99 Å². The van der Waals surface area contributed by atoms with E-state index in [1.807, 2.05) is 13.2 Å². The fraction of sp³-hybridized carbons (Fsp3) is 0.533. The second-order valence-corrected chi connectivity index (χ2v) is 6.09. The number of aliphatic imine (C=N–C) groups is 1. The fourth-order valence-corrected chi connectivity index (χ4v) is 1.88. The van der Waals surface area contributed by atoms with Gasteiger partial charge in [-0.05, 0) is 30.9 Å². The van der Waals surface area contributed by atoms with Crippen LogP contribution in [-0.2, 0) is 12.7 Å². The van der Waals surface area contributed by atoms with E-state index in [0.29, 0.717) is 17.8 Å². The summed E-state index contributed by atoms with van der Waals surface area (Å²) in [7, 11) is 0. The normalized spacial score (nSPS) is 13.2. The van der Waals surface area contributed by atoms with E-state index in [9.17, 15) is 13.2 Å². The smallest absolute Gasteiger partial charge is 0.357 e. The Kier molecular flexibility index (Phi) is 10.7. The van der Waals surface area contributed by atoms with Crippen molar-refractivity contribution in [3.8, 4) is 0 Å². The van der Waals surface area contributed by atoms with Gasteiger partial charge in [-0.2, -0.15) is 24.9 Å². The maximum Gasteiger partial charge on any atom is 0.416 e. The van der Waals surface area contributed by atoms with Crippen LogP contribution >= 0.6 is 35.7 Å². The largest absolute Gasteiger partial charge is 0.416 e. The predicted octanol–water partition coefficient (Wildman–Crippen LogP) is 4.13. The van der Waals surface area contributed by atoms with Gasteiger partial charge in [-0.3, -0.25) is 0 Å². The topological polar surface area (TPSA) is 36.4 Å². The summed E-state index contributed by atoms with van der Waals surface area (Å²) in [6.45, 7) is 5.91. The zero-order valence-corrected chi connectivity index (χ0v) is 16.6. The van der Waals surface area contributed by atoms with E-state index in [2.05, 4.69) is 22.5 Å². The van der Waals surface area contributed by atoms with Crippen molar-refractivity contribution in [1.82, 2.24) is 10.6 Å². The quantitative estimate of drug-likeness (QED) is 0.380. The van der Waals surface area contributed by atoms with Crippen LogP contribution in [0.1, 0.15) is 25.0 Å². The number of thioether (sulfide) groups is 1. The first kappa shape index (κ1) is 22.4. The van der Waals surface area contributed by atoms with Gasteiger partial charge in [-0.1, -0.05) is 19.1 Å². The molecule has 1 atom stereocenters. The van der Waals surface area contributed by atoms with E-state index < -0.39 is 11.7 Å². The van der Waals surface area contributed by atoms with Crippen LogP contribution in [0.2, 0.25) is 0 Å². The molecule has 1 aromatic carbocycles. The number of rotatable bonds is 6. The summed E-state index contributed by atoms with van der Waals surface area (Å²) in [5.41, 5.74) is 0.0992. The molecule has 0 aliphatic carbocycles. The van der Waals surface area contributed by atoms with Crippen LogP contribution in [0.25, 0.3) is 0 Å². The van der Waals surface area contributed by atoms with Crippen molar-refractivity contribution in [2.45, 2.75) is 31.8 Å². The molecule has 2 N–H and O–H groups in total. The van der Waals surface area contributed by atoms with Crippen LogP contribution in [0.5, 0.6) is 0 Å². The molecule has 1 rings (SSSR count). The Hall–Kier alpha value is -0.640. The number of halogens is 4. The monoisotopic (exact) mass is 461 g/mol. The highest BCUT2D eigenvalue weighted by molar-refractivity contribution is 14.0. The third-order valence-electron chi connectivity index (χ3n) is 3.00. The second kappa shape index (κ2) is 11.0. The minimum atomic E-state index is -4.30. The Morgan fingerprint density at radius 3 is 2.30 bits per heavy atom. The Labute approximate surface area is 156 Å². The van der Waals surface area contributed by atoms with Crippen LogP contribution in [0, 0.1) is 0 Å². The van der Waals surface area contributed by atoms with E-state index in [0.717, 1.165) is 30.8 Å². The van der Waals surface area contributed by atoms with Gasteiger partial charge in [0.1, 0.15) is 0 Å². The molecule has 0 saturated carbocycles. The first-order valence-corrected chi connectivity index (χ1v) is 8.36. The molecular formula is C15H23F3IN3S. The van der Waals surface area contributed by atoms with Crippen molar-refractivity contribution in [3.63, 3.8) is 0 Å². The van der Waals surface area contributed by atoms with E-state index in [-0.39, 0.29) is 24.0 Å². The number of hydrogen-bond acceptors (Lipinski definition) is 2. The average Bonchev–Trinajstić information content (AvgIpc) is 2.49. The van der Waals surface area contributed by atoms with Crippen molar-refractivity contribution >= 4 is 41.7 Å². The molecule has 0 aliphatic rings. The molecule has 1 unspecified atom stereocenters. The predicted molar refractivity (Wildman–Crippen MR) is 103 cm³/mol. The standard InChI is InChI=1S/C15H22F3N3S.HI/c1-4-19-14(20-9-11(2)22-3)21-10-12-5-7-13(8-6-12)15(16,17)18;/h5-8,11H,4,9-10H2,1-3H3,(H2,19,20,21);1H. The number of alkyl halides is 3. The van der Waals surface area contributed by atoms with Gasteiger partial charge in [0, 0.05) is 18.3 Å². The van der Waals surface area contributed by atoms with Gasteiger partial charge in [0.2, 0.25) is 0 Å². The van der Waals surface area contributed by atoms with Gasteiger partial charge in [0.05, 0.1) is 12.1 Å². The third kappa shape index (κ3) is 8.69. The van der Waals surface area contributed by atoms with Crippen molar-refractivity contribution in [3.05, 3.63) is 35.4 Å². The number of benzene rings is 1. The summed E-state index contributed by atoms with van der Waals surface area (Å²) >= 11 is 1.75. The molecule has 1 aromatic rings. The molecule has 0 spiro atoms. The van der Waals surface area contributed by atoms with Gasteiger partial charge in [0.15, 0.2) is 5.96 Å². The summed E-state index contributed by atoms with van der Waals surface area (Å²) in [6, 6.07) is 5.09. The molecule has 0 amide bonds. The van der Waals surface area contributed by atoms with Gasteiger partial charge in [0.25, 0.3) is 0 Å². The highest BCUT2D eigenvalue weighted by atomic mass is 127. The van der Waals surface area contributed by atoms with E-state index >= 15 is 0 Å². The lowest BCUT2D eigenvalue weighted by molar-refractivity contribution is -0.137. The number of nitrogens with zero attached hydrogens (tertiary/aromatic N) is 1. The first-order valence-electron chi connectivity index (χ1n) is 7.08. The number of nitrogens with one attached hydrogen (secondary N) is 2. The Morgan fingerprint density at radius 2 is 1.83 bits per heavy atom. The van der Waals surface area contributed by atoms with Crippen molar-refractivity contribution in [1.29, 1.82) is 0 Å². The van der Waals surface area contributed by atoms with Crippen LogP contribution in [-0.4, -0.2) is 30.6 Å². The van der Waals surface area contributed by atoms with Crippen LogP contribution < -0.4 is 10.6 Å². The molecule has 0 radical (unpaired) electrons. The minimum Gasteiger partial charge on any atom is -0.357 e. The lowest BCUT2D eigenvalue weighted by Crippen LogP contribution is -2.40. The van der Waals surface area contributed by atoms with Crippen LogP contribution in [0.4, 0.5) is 13.2 Å². The Bertz CT molecular complexity index is 478. The molecule has 0 heterocycles. The molecule has 132 valence electrons. The summed E-state index contributed by atoms with van der Waals surface area (Å²) in [6.07, 6.45) is -2.26. The number of hydrogen-bond donors (Lipinski definition) is 2. The first-order chi connectivity index (χ1) is 10.4. The lowest BCUT2D eigenvalue weighted by atomic mass is 10.1. The summed E-state index contributed by atoms with van der Waals surface area (Å²) in [5.74, 6) is 0.670.